The van der Waals surface area contributed by atoms with Crippen LogP contribution in [0.1, 0.15) is 6.92 Å². The van der Waals surface area contributed by atoms with Gasteiger partial charge in [-0.25, -0.2) is 9.97 Å². The zero-order chi connectivity index (χ0) is 10.4. The van der Waals surface area contributed by atoms with Crippen molar-refractivity contribution in [1.29, 1.82) is 0 Å². The molecule has 14 heavy (non-hydrogen) atoms. The number of ether oxygens (including phenoxy) is 1. The summed E-state index contributed by atoms with van der Waals surface area (Å²) in [6.07, 6.45) is 1.44. The first kappa shape index (κ1) is 11.2. The molecular weight excluding hydrogens is 202 g/mol. The number of rotatable bonds is 5. The predicted octanol–water partition coefficient (Wildman–Crippen LogP) is 1.82. The van der Waals surface area contributed by atoms with Gasteiger partial charge in [-0.1, -0.05) is 18.5 Å². The Balaban J connectivity index is 2.37. The molecule has 0 spiro atoms. The minimum atomic E-state index is 0.439. The molecule has 78 valence electrons. The predicted molar refractivity (Wildman–Crippen MR) is 56.6 cm³/mol. The summed E-state index contributed by atoms with van der Waals surface area (Å²) in [6, 6.07) is 1.70. The molecule has 0 aromatic carbocycles. The van der Waals surface area contributed by atoms with Gasteiger partial charge in [0.25, 0.3) is 0 Å². The molecule has 0 amide bonds. The molecule has 1 aromatic heterocycles. The molecule has 0 aliphatic rings. The third-order valence-corrected chi connectivity index (χ3v) is 1.92. The Morgan fingerprint density at radius 3 is 3.00 bits per heavy atom. The van der Waals surface area contributed by atoms with E-state index >= 15 is 0 Å². The zero-order valence-corrected chi connectivity index (χ0v) is 9.08. The summed E-state index contributed by atoms with van der Waals surface area (Å²) >= 11 is 5.71. The van der Waals surface area contributed by atoms with Crippen molar-refractivity contribution in [3.8, 4) is 0 Å². The average Bonchev–Trinajstić information content (AvgIpc) is 2.15. The van der Waals surface area contributed by atoms with Crippen molar-refractivity contribution < 1.29 is 4.74 Å². The van der Waals surface area contributed by atoms with Crippen molar-refractivity contribution in [2.75, 3.05) is 25.6 Å². The van der Waals surface area contributed by atoms with E-state index in [9.17, 15) is 0 Å². The molecular formula is C9H14ClN3O. The van der Waals surface area contributed by atoms with Crippen molar-refractivity contribution in [1.82, 2.24) is 9.97 Å². The maximum absolute atomic E-state index is 5.71. The van der Waals surface area contributed by atoms with Gasteiger partial charge in [-0.2, -0.15) is 0 Å². The van der Waals surface area contributed by atoms with Gasteiger partial charge in [0, 0.05) is 19.7 Å². The number of methoxy groups -OCH3 is 1. The highest BCUT2D eigenvalue weighted by molar-refractivity contribution is 6.29. The van der Waals surface area contributed by atoms with Gasteiger partial charge in [0.05, 0.1) is 6.61 Å². The summed E-state index contributed by atoms with van der Waals surface area (Å²) in [5, 5.41) is 3.60. The van der Waals surface area contributed by atoms with Crippen LogP contribution < -0.4 is 5.32 Å². The van der Waals surface area contributed by atoms with Crippen molar-refractivity contribution in [2.45, 2.75) is 6.92 Å². The van der Waals surface area contributed by atoms with Crippen LogP contribution in [-0.4, -0.2) is 30.2 Å². The van der Waals surface area contributed by atoms with Gasteiger partial charge in [-0.05, 0) is 5.92 Å². The van der Waals surface area contributed by atoms with Crippen LogP contribution >= 0.6 is 11.6 Å². The fraction of sp³-hybridized carbons (Fsp3) is 0.556. The number of hydrogen-bond acceptors (Lipinski definition) is 4. The van der Waals surface area contributed by atoms with E-state index in [-0.39, 0.29) is 0 Å². The normalized spacial score (nSPS) is 12.5. The van der Waals surface area contributed by atoms with E-state index in [1.54, 1.807) is 13.2 Å². The van der Waals surface area contributed by atoms with Gasteiger partial charge in [0.2, 0.25) is 0 Å². The summed E-state index contributed by atoms with van der Waals surface area (Å²) < 4.78 is 5.02. The molecule has 1 aromatic rings. The van der Waals surface area contributed by atoms with Crippen molar-refractivity contribution >= 4 is 17.4 Å². The Labute approximate surface area is 88.7 Å². The molecule has 4 nitrogen and oxygen atoms in total. The van der Waals surface area contributed by atoms with Crippen LogP contribution in [0.4, 0.5) is 5.82 Å². The monoisotopic (exact) mass is 215 g/mol. The van der Waals surface area contributed by atoms with Crippen molar-refractivity contribution in [2.24, 2.45) is 5.92 Å². The van der Waals surface area contributed by atoms with Crippen LogP contribution in [0.5, 0.6) is 0 Å². The van der Waals surface area contributed by atoms with Crippen LogP contribution in [0.15, 0.2) is 12.4 Å². The molecule has 0 aliphatic carbocycles. The molecule has 0 bridgehead atoms. The molecule has 1 heterocycles. The average molecular weight is 216 g/mol. The van der Waals surface area contributed by atoms with Crippen LogP contribution in [0.3, 0.4) is 0 Å². The fourth-order valence-electron chi connectivity index (χ4n) is 1.05. The molecule has 0 saturated carbocycles. The smallest absolute Gasteiger partial charge is 0.134 e. The van der Waals surface area contributed by atoms with E-state index in [2.05, 4.69) is 22.2 Å². The Morgan fingerprint density at radius 1 is 1.57 bits per heavy atom. The van der Waals surface area contributed by atoms with Gasteiger partial charge in [0.15, 0.2) is 0 Å². The van der Waals surface area contributed by atoms with Gasteiger partial charge in [0.1, 0.15) is 17.3 Å². The maximum atomic E-state index is 5.71. The third kappa shape index (κ3) is 3.89. The summed E-state index contributed by atoms with van der Waals surface area (Å²) in [6.45, 7) is 3.63. The SMILES string of the molecule is COCC(C)CNc1cc(Cl)ncn1. The quantitative estimate of drug-likeness (QED) is 0.762. The molecule has 1 rings (SSSR count). The standard InChI is InChI=1S/C9H14ClN3O/c1-7(5-14-2)4-11-9-3-8(10)12-6-13-9/h3,6-7H,4-5H2,1-2H3,(H,11,12,13). The lowest BCUT2D eigenvalue weighted by Gasteiger charge is -2.11. The Morgan fingerprint density at radius 2 is 2.36 bits per heavy atom. The molecule has 0 fully saturated rings. The van der Waals surface area contributed by atoms with Crippen LogP contribution in [0.2, 0.25) is 5.15 Å². The fourth-order valence-corrected chi connectivity index (χ4v) is 1.20. The topological polar surface area (TPSA) is 47.0 Å². The molecule has 1 atom stereocenters. The molecule has 1 N–H and O–H groups in total. The van der Waals surface area contributed by atoms with E-state index in [4.69, 9.17) is 16.3 Å². The molecule has 0 radical (unpaired) electrons. The van der Waals surface area contributed by atoms with Crippen LogP contribution in [-0.2, 0) is 4.74 Å². The molecule has 1 unspecified atom stereocenters. The second-order valence-corrected chi connectivity index (χ2v) is 3.55. The lowest BCUT2D eigenvalue weighted by Crippen LogP contribution is -2.16. The maximum Gasteiger partial charge on any atom is 0.134 e. The summed E-state index contributed by atoms with van der Waals surface area (Å²) in [4.78, 5) is 7.82. The Bertz CT molecular complexity index is 283. The van der Waals surface area contributed by atoms with Crippen molar-refractivity contribution in [3.63, 3.8) is 0 Å². The first-order valence-electron chi connectivity index (χ1n) is 4.42. The summed E-state index contributed by atoms with van der Waals surface area (Å²) in [5.74, 6) is 1.18. The van der Waals surface area contributed by atoms with E-state index in [1.807, 2.05) is 0 Å². The van der Waals surface area contributed by atoms with Crippen molar-refractivity contribution in [3.05, 3.63) is 17.5 Å². The minimum absolute atomic E-state index is 0.439. The van der Waals surface area contributed by atoms with E-state index < -0.39 is 0 Å². The van der Waals surface area contributed by atoms with Gasteiger partial charge in [-0.15, -0.1) is 0 Å². The second-order valence-electron chi connectivity index (χ2n) is 3.17. The number of aromatic nitrogens is 2. The van der Waals surface area contributed by atoms with E-state index in [1.165, 1.54) is 6.33 Å². The molecule has 0 saturated heterocycles. The number of nitrogens with one attached hydrogen (secondary N) is 1. The largest absolute Gasteiger partial charge is 0.384 e. The first-order valence-corrected chi connectivity index (χ1v) is 4.80. The Kier molecular flexibility index (Phi) is 4.62. The summed E-state index contributed by atoms with van der Waals surface area (Å²) in [5.41, 5.74) is 0. The second kappa shape index (κ2) is 5.78. The Hall–Kier alpha value is -0.870. The molecule has 0 aliphatic heterocycles. The number of anilines is 1. The van der Waals surface area contributed by atoms with E-state index in [0.717, 1.165) is 19.0 Å². The third-order valence-electron chi connectivity index (χ3n) is 1.72. The summed E-state index contributed by atoms with van der Waals surface area (Å²) in [7, 11) is 1.69. The minimum Gasteiger partial charge on any atom is -0.384 e. The lowest BCUT2D eigenvalue weighted by molar-refractivity contribution is 0.164. The number of halogens is 1. The van der Waals surface area contributed by atoms with Crippen LogP contribution in [0, 0.1) is 5.92 Å². The van der Waals surface area contributed by atoms with Gasteiger partial charge >= 0.3 is 0 Å². The van der Waals surface area contributed by atoms with Gasteiger partial charge < -0.3 is 10.1 Å². The zero-order valence-electron chi connectivity index (χ0n) is 8.33. The number of hydrogen-bond donors (Lipinski definition) is 1. The first-order chi connectivity index (χ1) is 6.72. The highest BCUT2D eigenvalue weighted by atomic mass is 35.5. The van der Waals surface area contributed by atoms with Crippen LogP contribution in [0.25, 0.3) is 0 Å². The highest BCUT2D eigenvalue weighted by Crippen LogP contribution is 2.09. The van der Waals surface area contributed by atoms with E-state index in [0.29, 0.717) is 11.1 Å². The van der Waals surface area contributed by atoms with Gasteiger partial charge in [-0.3, -0.25) is 0 Å². The molecule has 5 heteroatoms. The number of nitrogens with zero attached hydrogens (tertiary/aromatic N) is 2. The highest BCUT2D eigenvalue weighted by Gasteiger charge is 2.01. The lowest BCUT2D eigenvalue weighted by atomic mass is 10.2.